The highest BCUT2D eigenvalue weighted by atomic mass is 16.6. The minimum atomic E-state index is -0.487. The van der Waals surface area contributed by atoms with Crippen LogP contribution in [0.5, 0.6) is 0 Å². The number of ketones is 1. The van der Waals surface area contributed by atoms with Gasteiger partial charge in [-0.05, 0) is 50.8 Å². The van der Waals surface area contributed by atoms with Gasteiger partial charge in [0.1, 0.15) is 5.78 Å². The van der Waals surface area contributed by atoms with Crippen LogP contribution in [0.2, 0.25) is 0 Å². The molecule has 0 aromatic heterocycles. The Hall–Kier alpha value is -4.73. The van der Waals surface area contributed by atoms with Crippen LogP contribution in [0.1, 0.15) is 74.2 Å². The number of nitro benzene ring substituents is 1. The first-order valence-corrected chi connectivity index (χ1v) is 15.4. The molecule has 0 saturated carbocycles. The van der Waals surface area contributed by atoms with Crippen molar-refractivity contribution >= 4 is 34.7 Å². The fourth-order valence-electron chi connectivity index (χ4n) is 5.38. The molecule has 1 heterocycles. The van der Waals surface area contributed by atoms with E-state index in [1.807, 2.05) is 30.4 Å². The molecule has 2 aromatic rings. The Labute approximate surface area is 258 Å². The molecule has 0 spiro atoms. The molecule has 2 aromatic carbocycles. The number of non-ortho nitro benzene ring substituents is 1. The standard InChI is InChI=1S/C34H41N5O5/c1-24(40)12-5-4-10-23-37-34(42)29-15-11-14-28-31(27-13-6-7-16-30(27)38-32(28)29)35-21-8-2-3-9-22-36-33(41)25-17-19-26(20-18-25)39(43)44/h6-7,11,13-20,32,35,38H,2-5,8-10,12,21-23H2,1H3,(H,36,41)(H,37,42). The Morgan fingerprint density at radius 1 is 0.841 bits per heavy atom. The lowest BCUT2D eigenvalue weighted by Crippen LogP contribution is -2.39. The monoisotopic (exact) mass is 599 g/mol. The van der Waals surface area contributed by atoms with Crippen molar-refractivity contribution in [2.45, 2.75) is 64.3 Å². The first-order chi connectivity index (χ1) is 21.3. The van der Waals surface area contributed by atoms with Gasteiger partial charge < -0.3 is 26.1 Å². The molecule has 1 atom stereocenters. The smallest absolute Gasteiger partial charge is 0.269 e. The van der Waals surface area contributed by atoms with Crippen molar-refractivity contribution in [2.75, 3.05) is 25.0 Å². The summed E-state index contributed by atoms with van der Waals surface area (Å²) < 4.78 is 0. The van der Waals surface area contributed by atoms with Crippen molar-refractivity contribution in [3.63, 3.8) is 0 Å². The molecule has 10 nitrogen and oxygen atoms in total. The molecule has 1 unspecified atom stereocenters. The largest absolute Gasteiger partial charge is 0.384 e. The maximum absolute atomic E-state index is 13.2. The molecular weight excluding hydrogens is 558 g/mol. The number of carbonyl (C=O) groups is 3. The highest BCUT2D eigenvalue weighted by molar-refractivity contribution is 5.99. The molecule has 0 saturated heterocycles. The number of nitrogens with one attached hydrogen (secondary N) is 4. The number of rotatable bonds is 17. The Kier molecular flexibility index (Phi) is 11.9. The highest BCUT2D eigenvalue weighted by Crippen LogP contribution is 2.37. The average molecular weight is 600 g/mol. The molecule has 0 bridgehead atoms. The van der Waals surface area contributed by atoms with Crippen molar-refractivity contribution in [2.24, 2.45) is 0 Å². The second-order valence-corrected chi connectivity index (χ2v) is 11.1. The molecule has 0 radical (unpaired) electrons. The number of para-hydroxylation sites is 1. The van der Waals surface area contributed by atoms with E-state index in [0.29, 0.717) is 30.6 Å². The van der Waals surface area contributed by atoms with E-state index in [1.54, 1.807) is 6.92 Å². The zero-order valence-electron chi connectivity index (χ0n) is 25.2. The van der Waals surface area contributed by atoms with E-state index >= 15 is 0 Å². The fourth-order valence-corrected chi connectivity index (χ4v) is 5.38. The van der Waals surface area contributed by atoms with Crippen molar-refractivity contribution < 1.29 is 19.3 Å². The molecule has 44 heavy (non-hydrogen) atoms. The fraction of sp³-hybridized carbons (Fsp3) is 0.382. The van der Waals surface area contributed by atoms with Gasteiger partial charge >= 0.3 is 0 Å². The zero-order valence-corrected chi connectivity index (χ0v) is 25.2. The number of hydrogen-bond acceptors (Lipinski definition) is 7. The lowest BCUT2D eigenvalue weighted by molar-refractivity contribution is -0.384. The van der Waals surface area contributed by atoms with Crippen LogP contribution in [-0.4, -0.2) is 48.2 Å². The van der Waals surface area contributed by atoms with E-state index in [2.05, 4.69) is 33.4 Å². The molecule has 1 aliphatic heterocycles. The number of Topliss-reactive ketones (excluding diaryl/α,β-unsaturated/α-hetero) is 1. The van der Waals surface area contributed by atoms with Gasteiger partial charge in [0, 0.05) is 71.8 Å². The van der Waals surface area contributed by atoms with Gasteiger partial charge in [0.2, 0.25) is 5.91 Å². The number of fused-ring (bicyclic) bond motifs is 2. The van der Waals surface area contributed by atoms with Gasteiger partial charge in [-0.1, -0.05) is 55.7 Å². The van der Waals surface area contributed by atoms with Crippen molar-refractivity contribution in [1.29, 1.82) is 0 Å². The van der Waals surface area contributed by atoms with Crippen molar-refractivity contribution in [3.8, 4) is 0 Å². The minimum Gasteiger partial charge on any atom is -0.384 e. The van der Waals surface area contributed by atoms with Crippen LogP contribution in [0, 0.1) is 10.1 Å². The van der Waals surface area contributed by atoms with Gasteiger partial charge in [-0.15, -0.1) is 0 Å². The van der Waals surface area contributed by atoms with E-state index in [4.69, 9.17) is 0 Å². The topological polar surface area (TPSA) is 142 Å². The summed E-state index contributed by atoms with van der Waals surface area (Å²) in [5, 5.41) is 23.9. The third-order valence-electron chi connectivity index (χ3n) is 7.74. The second-order valence-electron chi connectivity index (χ2n) is 11.1. The molecule has 1 aliphatic carbocycles. The molecule has 2 amide bonds. The van der Waals surface area contributed by atoms with Crippen LogP contribution in [0.25, 0.3) is 5.70 Å². The highest BCUT2D eigenvalue weighted by Gasteiger charge is 2.32. The summed E-state index contributed by atoms with van der Waals surface area (Å²) in [6, 6.07) is 13.4. The second kappa shape index (κ2) is 16.2. The molecular formula is C34H41N5O5. The molecule has 4 rings (SSSR count). The van der Waals surface area contributed by atoms with Crippen molar-refractivity contribution in [1.82, 2.24) is 16.0 Å². The number of benzene rings is 2. The number of nitrogens with zero attached hydrogens (tertiary/aromatic N) is 1. The van der Waals surface area contributed by atoms with Crippen LogP contribution in [0.3, 0.4) is 0 Å². The van der Waals surface area contributed by atoms with Crippen LogP contribution < -0.4 is 21.3 Å². The third kappa shape index (κ3) is 8.89. The van der Waals surface area contributed by atoms with Gasteiger partial charge in [-0.2, -0.15) is 0 Å². The van der Waals surface area contributed by atoms with Crippen LogP contribution >= 0.6 is 0 Å². The third-order valence-corrected chi connectivity index (χ3v) is 7.74. The van der Waals surface area contributed by atoms with Gasteiger partial charge in [-0.25, -0.2) is 0 Å². The summed E-state index contributed by atoms with van der Waals surface area (Å²) in [7, 11) is 0. The predicted molar refractivity (Wildman–Crippen MR) is 172 cm³/mol. The Balaban J connectivity index is 1.24. The normalized spacial score (nSPS) is 14.9. The number of anilines is 1. The number of amides is 2. The Bertz CT molecular complexity index is 1440. The van der Waals surface area contributed by atoms with Crippen LogP contribution in [-0.2, 0) is 9.59 Å². The van der Waals surface area contributed by atoms with E-state index in [1.165, 1.54) is 24.3 Å². The summed E-state index contributed by atoms with van der Waals surface area (Å²) in [6.45, 7) is 3.49. The summed E-state index contributed by atoms with van der Waals surface area (Å²) in [4.78, 5) is 46.9. The number of unbranched alkanes of at least 4 members (excludes halogenated alkanes) is 5. The minimum absolute atomic E-state index is 0.0400. The van der Waals surface area contributed by atoms with Crippen LogP contribution in [0.4, 0.5) is 11.4 Å². The molecule has 4 N–H and O–H groups in total. The first-order valence-electron chi connectivity index (χ1n) is 15.4. The van der Waals surface area contributed by atoms with E-state index in [-0.39, 0.29) is 29.3 Å². The number of nitro groups is 1. The lowest BCUT2D eigenvalue weighted by Gasteiger charge is -2.34. The van der Waals surface area contributed by atoms with Crippen LogP contribution in [0.15, 0.2) is 77.9 Å². The molecule has 0 fully saturated rings. The summed E-state index contributed by atoms with van der Waals surface area (Å²) in [6.07, 6.45) is 12.8. The number of carbonyl (C=O) groups excluding carboxylic acids is 3. The summed E-state index contributed by atoms with van der Waals surface area (Å²) >= 11 is 0. The Morgan fingerprint density at radius 2 is 1.50 bits per heavy atom. The SMILES string of the molecule is CC(=O)CCCCCNC(=O)C1=CC=CC2=C(NCCCCCCNC(=O)c3ccc([N+](=O)[O-])cc3)c3ccccc3NC12. The maximum Gasteiger partial charge on any atom is 0.269 e. The van der Waals surface area contributed by atoms with Gasteiger partial charge in [0.05, 0.1) is 11.0 Å². The summed E-state index contributed by atoms with van der Waals surface area (Å²) in [5.74, 6) is -0.124. The average Bonchev–Trinajstić information content (AvgIpc) is 3.02. The van der Waals surface area contributed by atoms with Gasteiger partial charge in [-0.3, -0.25) is 19.7 Å². The summed E-state index contributed by atoms with van der Waals surface area (Å²) in [5.41, 5.74) is 5.15. The number of allylic oxidation sites excluding steroid dienone is 2. The van der Waals surface area contributed by atoms with E-state index in [9.17, 15) is 24.5 Å². The molecule has 10 heteroatoms. The van der Waals surface area contributed by atoms with Crippen molar-refractivity contribution in [3.05, 3.63) is 99.1 Å². The van der Waals surface area contributed by atoms with Gasteiger partial charge in [0.15, 0.2) is 0 Å². The number of hydrogen-bond donors (Lipinski definition) is 4. The lowest BCUT2D eigenvalue weighted by atomic mass is 9.86. The van der Waals surface area contributed by atoms with E-state index < -0.39 is 4.92 Å². The quantitative estimate of drug-likeness (QED) is 0.108. The van der Waals surface area contributed by atoms with E-state index in [0.717, 1.165) is 74.0 Å². The maximum atomic E-state index is 13.2. The van der Waals surface area contributed by atoms with Gasteiger partial charge in [0.25, 0.3) is 11.6 Å². The zero-order chi connectivity index (χ0) is 31.3. The predicted octanol–water partition coefficient (Wildman–Crippen LogP) is 5.44. The molecule has 232 valence electrons. The molecule has 2 aliphatic rings. The Morgan fingerprint density at radius 3 is 2.20 bits per heavy atom. The first kappa shape index (κ1) is 32.2.